The maximum Gasteiger partial charge on any atom is 0.187 e. The molecule has 0 aromatic heterocycles. The topological polar surface area (TPSA) is 140 Å². The van der Waals surface area contributed by atoms with Crippen molar-refractivity contribution in [3.63, 3.8) is 0 Å². The van der Waals surface area contributed by atoms with Gasteiger partial charge < -0.3 is 39.8 Å². The van der Waals surface area contributed by atoms with Crippen LogP contribution in [0.4, 0.5) is 0 Å². The number of carbonyl (C=O) groups is 1. The Labute approximate surface area is 90.6 Å². The molecule has 8 nitrogen and oxygen atoms in total. The molecule has 4 N–H and O–H groups in total. The van der Waals surface area contributed by atoms with Gasteiger partial charge in [-0.2, -0.15) is 0 Å². The second kappa shape index (κ2) is 5.53. The average molecular weight is 237 g/mol. The molecule has 16 heavy (non-hydrogen) atoms. The van der Waals surface area contributed by atoms with Gasteiger partial charge in [0.1, 0.15) is 24.4 Å². The van der Waals surface area contributed by atoms with Gasteiger partial charge in [0.2, 0.25) is 0 Å². The molecule has 0 aromatic carbocycles. The van der Waals surface area contributed by atoms with E-state index in [1.807, 2.05) is 0 Å². The lowest BCUT2D eigenvalue weighted by atomic mass is 9.99. The Bertz CT molecular complexity index is 242. The fourth-order valence-corrected chi connectivity index (χ4v) is 1.36. The van der Waals surface area contributed by atoms with Crippen molar-refractivity contribution in [3.05, 3.63) is 0 Å². The zero-order chi connectivity index (χ0) is 12.3. The molecule has 0 radical (unpaired) electrons. The van der Waals surface area contributed by atoms with Crippen LogP contribution in [0.15, 0.2) is 0 Å². The van der Waals surface area contributed by atoms with Crippen LogP contribution >= 0.6 is 0 Å². The standard InChI is InChI=1S/C8H14O8/c9-1-3-5(12)6(13)7(14)8(16-3)15-2-4(10)11/h3,5-9,12-14H,1-2H2,(H,10,11)/p-1/t3-,5-,6+,7+,8+/m1/s1. The third-order valence-electron chi connectivity index (χ3n) is 2.21. The van der Waals surface area contributed by atoms with Crippen LogP contribution in [0.3, 0.4) is 0 Å². The molecule has 0 amide bonds. The van der Waals surface area contributed by atoms with Gasteiger partial charge in [-0.15, -0.1) is 0 Å². The van der Waals surface area contributed by atoms with E-state index in [0.717, 1.165) is 0 Å². The summed E-state index contributed by atoms with van der Waals surface area (Å²) in [6.45, 7) is -1.43. The van der Waals surface area contributed by atoms with Crippen LogP contribution < -0.4 is 5.11 Å². The fraction of sp³-hybridized carbons (Fsp3) is 0.875. The minimum atomic E-state index is -1.60. The van der Waals surface area contributed by atoms with Crippen LogP contribution in [-0.2, 0) is 14.3 Å². The van der Waals surface area contributed by atoms with Gasteiger partial charge in [0.15, 0.2) is 6.29 Å². The Kier molecular flexibility index (Phi) is 4.59. The van der Waals surface area contributed by atoms with E-state index >= 15 is 0 Å². The lowest BCUT2D eigenvalue weighted by molar-refractivity contribution is -0.329. The predicted octanol–water partition coefficient (Wildman–Crippen LogP) is -4.45. The SMILES string of the molecule is O=C([O-])CO[C@H]1O[C@H](CO)[C@@H](O)[C@H](O)[C@@H]1O. The lowest BCUT2D eigenvalue weighted by Crippen LogP contribution is -2.59. The zero-order valence-electron chi connectivity index (χ0n) is 8.22. The fourth-order valence-electron chi connectivity index (χ4n) is 1.36. The molecule has 0 unspecified atom stereocenters. The largest absolute Gasteiger partial charge is 0.548 e. The first-order chi connectivity index (χ1) is 7.47. The van der Waals surface area contributed by atoms with Crippen molar-refractivity contribution in [2.45, 2.75) is 30.7 Å². The number of ether oxygens (including phenoxy) is 2. The van der Waals surface area contributed by atoms with E-state index in [2.05, 4.69) is 4.74 Å². The minimum Gasteiger partial charge on any atom is -0.548 e. The van der Waals surface area contributed by atoms with E-state index in [1.165, 1.54) is 0 Å². The van der Waals surface area contributed by atoms with Gasteiger partial charge in [0, 0.05) is 0 Å². The van der Waals surface area contributed by atoms with Gasteiger partial charge in [-0.1, -0.05) is 0 Å². The highest BCUT2D eigenvalue weighted by Gasteiger charge is 2.43. The van der Waals surface area contributed by atoms with Gasteiger partial charge in [0.25, 0.3) is 0 Å². The molecule has 5 atom stereocenters. The van der Waals surface area contributed by atoms with Crippen LogP contribution in [0.5, 0.6) is 0 Å². The highest BCUT2D eigenvalue weighted by molar-refractivity contribution is 5.65. The van der Waals surface area contributed by atoms with E-state index in [1.54, 1.807) is 0 Å². The monoisotopic (exact) mass is 237 g/mol. The molecule has 8 heteroatoms. The molecule has 0 saturated carbocycles. The summed E-state index contributed by atoms with van der Waals surface area (Å²) >= 11 is 0. The maximum atomic E-state index is 10.1. The summed E-state index contributed by atoms with van der Waals surface area (Å²) in [4.78, 5) is 10.1. The first-order valence-corrected chi connectivity index (χ1v) is 4.59. The quantitative estimate of drug-likeness (QED) is 0.384. The Hall–Kier alpha value is -0.770. The van der Waals surface area contributed by atoms with E-state index in [9.17, 15) is 25.2 Å². The molecule has 1 rings (SSSR count). The summed E-state index contributed by atoms with van der Waals surface area (Å²) in [5.41, 5.74) is 0. The van der Waals surface area contributed by atoms with Crippen LogP contribution in [0.25, 0.3) is 0 Å². The number of carboxylic acids is 1. The molecular formula is C8H13O8-. The number of hydrogen-bond acceptors (Lipinski definition) is 8. The van der Waals surface area contributed by atoms with Crippen LogP contribution in [-0.4, -0.2) is 70.3 Å². The number of rotatable bonds is 4. The maximum absolute atomic E-state index is 10.1. The number of aliphatic hydroxyl groups excluding tert-OH is 4. The van der Waals surface area contributed by atoms with Gasteiger partial charge in [-0.25, -0.2) is 0 Å². The van der Waals surface area contributed by atoms with Gasteiger partial charge >= 0.3 is 0 Å². The first-order valence-electron chi connectivity index (χ1n) is 4.59. The lowest BCUT2D eigenvalue weighted by Gasteiger charge is -2.39. The number of carboxylic acid groups (broad SMARTS) is 1. The highest BCUT2D eigenvalue weighted by Crippen LogP contribution is 2.21. The van der Waals surface area contributed by atoms with Gasteiger partial charge in [0.05, 0.1) is 19.2 Å². The number of hydrogen-bond donors (Lipinski definition) is 4. The number of aliphatic carboxylic acids is 1. The van der Waals surface area contributed by atoms with Crippen molar-refractivity contribution in [1.82, 2.24) is 0 Å². The summed E-state index contributed by atoms with van der Waals surface area (Å²) in [7, 11) is 0. The van der Waals surface area contributed by atoms with Crippen LogP contribution in [0, 0.1) is 0 Å². The van der Waals surface area contributed by atoms with Crippen LogP contribution in [0.1, 0.15) is 0 Å². The molecular weight excluding hydrogens is 224 g/mol. The Morgan fingerprint density at radius 1 is 1.25 bits per heavy atom. The Balaban J connectivity index is 2.60. The van der Waals surface area contributed by atoms with Crippen LogP contribution in [0.2, 0.25) is 0 Å². The summed E-state index contributed by atoms with van der Waals surface area (Å²) in [5, 5.41) is 47.0. The van der Waals surface area contributed by atoms with Crippen molar-refractivity contribution in [3.8, 4) is 0 Å². The summed E-state index contributed by atoms with van der Waals surface area (Å²) in [5.74, 6) is -1.52. The van der Waals surface area contributed by atoms with E-state index in [4.69, 9.17) is 9.84 Å². The van der Waals surface area contributed by atoms with Crippen molar-refractivity contribution >= 4 is 5.97 Å². The molecule has 0 spiro atoms. The van der Waals surface area contributed by atoms with Gasteiger partial charge in [-0.05, 0) is 0 Å². The third kappa shape index (κ3) is 2.88. The number of carbonyl (C=O) groups excluding carboxylic acids is 1. The Morgan fingerprint density at radius 3 is 2.38 bits per heavy atom. The highest BCUT2D eigenvalue weighted by atomic mass is 16.7. The minimum absolute atomic E-state index is 0.601. The third-order valence-corrected chi connectivity index (χ3v) is 2.21. The van der Waals surface area contributed by atoms with Crippen molar-refractivity contribution in [2.24, 2.45) is 0 Å². The zero-order valence-corrected chi connectivity index (χ0v) is 8.22. The molecule has 0 aliphatic carbocycles. The normalized spacial score (nSPS) is 39.6. The molecule has 1 saturated heterocycles. The van der Waals surface area contributed by atoms with E-state index in [-0.39, 0.29) is 0 Å². The summed E-state index contributed by atoms with van der Waals surface area (Å²) in [6.07, 6.45) is -7.24. The molecule has 1 aliphatic heterocycles. The molecule has 0 bridgehead atoms. The molecule has 1 heterocycles. The van der Waals surface area contributed by atoms with E-state index in [0.29, 0.717) is 0 Å². The second-order valence-electron chi connectivity index (χ2n) is 3.38. The summed E-state index contributed by atoms with van der Waals surface area (Å²) in [6, 6.07) is 0. The first kappa shape index (κ1) is 13.3. The van der Waals surface area contributed by atoms with Crippen molar-refractivity contribution in [1.29, 1.82) is 0 Å². The smallest absolute Gasteiger partial charge is 0.187 e. The second-order valence-corrected chi connectivity index (χ2v) is 3.38. The average Bonchev–Trinajstić information content (AvgIpc) is 2.25. The molecule has 1 fully saturated rings. The van der Waals surface area contributed by atoms with Crippen molar-refractivity contribution in [2.75, 3.05) is 13.2 Å². The van der Waals surface area contributed by atoms with E-state index < -0.39 is 49.9 Å². The number of aliphatic hydroxyl groups is 4. The predicted molar refractivity (Wildman–Crippen MR) is 44.7 cm³/mol. The molecule has 1 aliphatic rings. The molecule has 94 valence electrons. The molecule has 0 aromatic rings. The summed E-state index contributed by atoms with van der Waals surface area (Å²) < 4.78 is 9.45. The van der Waals surface area contributed by atoms with Gasteiger partial charge in [-0.3, -0.25) is 0 Å². The van der Waals surface area contributed by atoms with Crippen molar-refractivity contribution < 1.29 is 39.8 Å². The Morgan fingerprint density at radius 2 is 1.88 bits per heavy atom.